The van der Waals surface area contributed by atoms with Gasteiger partial charge in [-0.2, -0.15) is 5.10 Å². The summed E-state index contributed by atoms with van der Waals surface area (Å²) in [6, 6.07) is 21.7. The van der Waals surface area contributed by atoms with Crippen molar-refractivity contribution in [2.24, 2.45) is 0 Å². The van der Waals surface area contributed by atoms with E-state index in [-0.39, 0.29) is 5.91 Å². The van der Waals surface area contributed by atoms with Crippen molar-refractivity contribution < 1.29 is 4.79 Å². The second-order valence-electron chi connectivity index (χ2n) is 6.69. The molecule has 0 radical (unpaired) electrons. The predicted octanol–water partition coefficient (Wildman–Crippen LogP) is 7.43. The molecule has 0 spiro atoms. The highest BCUT2D eigenvalue weighted by Crippen LogP contribution is 2.34. The molecule has 3 aromatic carbocycles. The van der Waals surface area contributed by atoms with Crippen LogP contribution in [-0.2, 0) is 0 Å². The quantitative estimate of drug-likeness (QED) is 0.316. The van der Waals surface area contributed by atoms with Gasteiger partial charge in [-0.1, -0.05) is 35.3 Å². The van der Waals surface area contributed by atoms with Crippen LogP contribution >= 0.6 is 39.1 Å². The van der Waals surface area contributed by atoms with Gasteiger partial charge in [0.25, 0.3) is 5.91 Å². The molecule has 30 heavy (non-hydrogen) atoms. The van der Waals surface area contributed by atoms with Gasteiger partial charge in [0.05, 0.1) is 4.47 Å². The van der Waals surface area contributed by atoms with Gasteiger partial charge in [0.2, 0.25) is 0 Å². The highest BCUT2D eigenvalue weighted by Gasteiger charge is 2.21. The fourth-order valence-electron chi connectivity index (χ4n) is 3.09. The average Bonchev–Trinajstić information content (AvgIpc) is 3.09. The number of carbonyl (C=O) groups excluding carboxylic acids is 1. The Hall–Kier alpha value is -2.60. The van der Waals surface area contributed by atoms with Crippen LogP contribution in [0, 0.1) is 6.92 Å². The fourth-order valence-corrected chi connectivity index (χ4v) is 3.75. The molecule has 1 amide bonds. The molecule has 4 rings (SSSR count). The summed E-state index contributed by atoms with van der Waals surface area (Å²) in [5, 5.41) is 8.52. The zero-order valence-corrected chi connectivity index (χ0v) is 19.0. The van der Waals surface area contributed by atoms with E-state index in [0.717, 1.165) is 21.4 Å². The summed E-state index contributed by atoms with van der Waals surface area (Å²) in [7, 11) is 0. The predicted molar refractivity (Wildman–Crippen MR) is 126 cm³/mol. The van der Waals surface area contributed by atoms with Crippen LogP contribution < -0.4 is 4.90 Å². The SMILES string of the molecule is Cc1[nH]nc(-c2cccc(N(C(=O)c3ccc(Cl)cc3)c3ccc(Cl)cc3)c2)c1Br. The maximum Gasteiger partial charge on any atom is 0.262 e. The summed E-state index contributed by atoms with van der Waals surface area (Å²) in [6.07, 6.45) is 0. The molecule has 0 bridgehead atoms. The molecule has 0 aliphatic heterocycles. The Labute approximate surface area is 192 Å². The Kier molecular flexibility index (Phi) is 5.95. The van der Waals surface area contributed by atoms with Gasteiger partial charge in [-0.3, -0.25) is 14.8 Å². The molecule has 150 valence electrons. The Morgan fingerprint density at radius 3 is 2.17 bits per heavy atom. The van der Waals surface area contributed by atoms with Gasteiger partial charge >= 0.3 is 0 Å². The first-order valence-electron chi connectivity index (χ1n) is 9.10. The minimum absolute atomic E-state index is 0.177. The fraction of sp³-hybridized carbons (Fsp3) is 0.0435. The summed E-state index contributed by atoms with van der Waals surface area (Å²) >= 11 is 15.6. The first kappa shape index (κ1) is 20.7. The number of hydrogen-bond donors (Lipinski definition) is 1. The van der Waals surface area contributed by atoms with Gasteiger partial charge in [0, 0.05) is 38.2 Å². The number of nitrogens with zero attached hydrogens (tertiary/aromatic N) is 2. The van der Waals surface area contributed by atoms with Crippen LogP contribution in [0.2, 0.25) is 10.0 Å². The Morgan fingerprint density at radius 2 is 1.57 bits per heavy atom. The first-order chi connectivity index (χ1) is 14.4. The Balaban J connectivity index is 1.83. The van der Waals surface area contributed by atoms with Crippen LogP contribution in [0.25, 0.3) is 11.3 Å². The van der Waals surface area contributed by atoms with Crippen molar-refractivity contribution in [2.75, 3.05) is 4.90 Å². The molecule has 4 aromatic rings. The first-order valence-corrected chi connectivity index (χ1v) is 10.7. The average molecular weight is 501 g/mol. The molecule has 0 saturated heterocycles. The summed E-state index contributed by atoms with van der Waals surface area (Å²) in [5.74, 6) is -0.177. The zero-order valence-electron chi connectivity index (χ0n) is 15.9. The van der Waals surface area contributed by atoms with Gasteiger partial charge in [0.1, 0.15) is 5.69 Å². The lowest BCUT2D eigenvalue weighted by Gasteiger charge is -2.24. The van der Waals surface area contributed by atoms with Crippen molar-refractivity contribution in [3.05, 3.63) is 98.6 Å². The second kappa shape index (κ2) is 8.64. The number of nitrogens with one attached hydrogen (secondary N) is 1. The normalized spacial score (nSPS) is 10.8. The molecule has 1 aromatic heterocycles. The van der Waals surface area contributed by atoms with E-state index in [1.807, 2.05) is 43.3 Å². The second-order valence-corrected chi connectivity index (χ2v) is 8.35. The lowest BCUT2D eigenvalue weighted by Crippen LogP contribution is -2.25. The molecule has 1 N–H and O–H groups in total. The van der Waals surface area contributed by atoms with E-state index in [1.54, 1.807) is 41.3 Å². The number of halogens is 3. The number of hydrogen-bond acceptors (Lipinski definition) is 2. The number of H-pyrrole nitrogens is 1. The number of rotatable bonds is 4. The maximum atomic E-state index is 13.5. The third-order valence-corrected chi connectivity index (χ3v) is 6.10. The number of amides is 1. The van der Waals surface area contributed by atoms with Crippen molar-refractivity contribution in [3.8, 4) is 11.3 Å². The molecule has 4 nitrogen and oxygen atoms in total. The van der Waals surface area contributed by atoms with E-state index in [4.69, 9.17) is 23.2 Å². The topological polar surface area (TPSA) is 49.0 Å². The van der Waals surface area contributed by atoms with Gasteiger partial charge < -0.3 is 0 Å². The minimum Gasteiger partial charge on any atom is -0.281 e. The summed E-state index contributed by atoms with van der Waals surface area (Å²) in [5.41, 5.74) is 4.53. The van der Waals surface area contributed by atoms with Crippen LogP contribution in [0.15, 0.2) is 77.3 Å². The highest BCUT2D eigenvalue weighted by molar-refractivity contribution is 9.10. The van der Waals surface area contributed by atoms with Gasteiger partial charge in [0.15, 0.2) is 0 Å². The Morgan fingerprint density at radius 1 is 0.933 bits per heavy atom. The molecule has 7 heteroatoms. The third-order valence-electron chi connectivity index (χ3n) is 4.63. The van der Waals surface area contributed by atoms with Crippen molar-refractivity contribution in [1.29, 1.82) is 0 Å². The number of aromatic nitrogens is 2. The van der Waals surface area contributed by atoms with Gasteiger partial charge in [-0.15, -0.1) is 0 Å². The number of aryl methyl sites for hydroxylation is 1. The molecule has 0 atom stereocenters. The monoisotopic (exact) mass is 499 g/mol. The van der Waals surface area contributed by atoms with E-state index in [2.05, 4.69) is 26.1 Å². The molecule has 0 saturated carbocycles. The molecule has 1 heterocycles. The lowest BCUT2D eigenvalue weighted by molar-refractivity contribution is 0.0999. The smallest absolute Gasteiger partial charge is 0.262 e. The minimum atomic E-state index is -0.177. The van der Waals surface area contributed by atoms with Crippen molar-refractivity contribution in [3.63, 3.8) is 0 Å². The number of carbonyl (C=O) groups is 1. The van der Waals surface area contributed by atoms with Crippen LogP contribution in [0.3, 0.4) is 0 Å². The molecule has 0 fully saturated rings. The molecule has 0 unspecified atom stereocenters. The van der Waals surface area contributed by atoms with E-state index >= 15 is 0 Å². The number of benzene rings is 3. The lowest BCUT2D eigenvalue weighted by atomic mass is 10.1. The maximum absolute atomic E-state index is 13.5. The van der Waals surface area contributed by atoms with Crippen LogP contribution in [0.4, 0.5) is 11.4 Å². The van der Waals surface area contributed by atoms with Crippen LogP contribution in [0.5, 0.6) is 0 Å². The van der Waals surface area contributed by atoms with Gasteiger partial charge in [-0.25, -0.2) is 0 Å². The number of aromatic amines is 1. The third kappa shape index (κ3) is 4.15. The molecule has 0 aliphatic carbocycles. The van der Waals surface area contributed by atoms with Crippen molar-refractivity contribution in [1.82, 2.24) is 10.2 Å². The summed E-state index contributed by atoms with van der Waals surface area (Å²) in [4.78, 5) is 15.1. The largest absolute Gasteiger partial charge is 0.281 e. The van der Waals surface area contributed by atoms with E-state index in [0.29, 0.717) is 27.0 Å². The number of anilines is 2. The van der Waals surface area contributed by atoms with E-state index < -0.39 is 0 Å². The molecular weight excluding hydrogens is 485 g/mol. The summed E-state index contributed by atoms with van der Waals surface area (Å²) in [6.45, 7) is 1.94. The molecular formula is C23H16BrCl2N3O. The highest BCUT2D eigenvalue weighted by atomic mass is 79.9. The standard InChI is InChI=1S/C23H16BrCl2N3O/c1-14-21(24)22(28-27-14)16-3-2-4-20(13-16)29(19-11-9-18(26)10-12-19)23(30)15-5-7-17(25)8-6-15/h2-13H,1H3,(H,27,28). The summed E-state index contributed by atoms with van der Waals surface area (Å²) < 4.78 is 0.890. The van der Waals surface area contributed by atoms with Crippen molar-refractivity contribution in [2.45, 2.75) is 6.92 Å². The van der Waals surface area contributed by atoms with Crippen LogP contribution in [0.1, 0.15) is 16.1 Å². The zero-order chi connectivity index (χ0) is 21.3. The van der Waals surface area contributed by atoms with E-state index in [1.165, 1.54) is 0 Å². The van der Waals surface area contributed by atoms with Crippen LogP contribution in [-0.4, -0.2) is 16.1 Å². The van der Waals surface area contributed by atoms with Crippen molar-refractivity contribution >= 4 is 56.4 Å². The Bertz CT molecular complexity index is 1200. The van der Waals surface area contributed by atoms with Gasteiger partial charge in [-0.05, 0) is 83.5 Å². The van der Waals surface area contributed by atoms with E-state index in [9.17, 15) is 4.79 Å². The molecule has 0 aliphatic rings.